The van der Waals surface area contributed by atoms with Gasteiger partial charge in [-0.25, -0.2) is 4.98 Å². The predicted molar refractivity (Wildman–Crippen MR) is 57.0 cm³/mol. The van der Waals surface area contributed by atoms with E-state index >= 15 is 0 Å². The fourth-order valence-corrected chi connectivity index (χ4v) is 2.40. The summed E-state index contributed by atoms with van der Waals surface area (Å²) in [6.45, 7) is 0. The van der Waals surface area contributed by atoms with Crippen LogP contribution in [0.25, 0.3) is 0 Å². The van der Waals surface area contributed by atoms with Crippen molar-refractivity contribution in [1.82, 2.24) is 9.55 Å². The van der Waals surface area contributed by atoms with E-state index in [1.807, 2.05) is 12.4 Å². The highest BCUT2D eigenvalue weighted by atomic mass is 15.0. The van der Waals surface area contributed by atoms with E-state index in [2.05, 4.69) is 16.6 Å². The lowest BCUT2D eigenvalue weighted by atomic mass is 9.97. The number of hydrogen-bond donors (Lipinski definition) is 1. The summed E-state index contributed by atoms with van der Waals surface area (Å²) in [5.74, 6) is 1.79. The Morgan fingerprint density at radius 1 is 1.43 bits per heavy atom. The van der Waals surface area contributed by atoms with Crippen LogP contribution in [0.4, 0.5) is 0 Å². The summed E-state index contributed by atoms with van der Waals surface area (Å²) in [5.41, 5.74) is 6.04. The molecule has 3 nitrogen and oxygen atoms in total. The average molecular weight is 193 g/mol. The van der Waals surface area contributed by atoms with Crippen LogP contribution in [0, 0.1) is 0 Å². The number of aromatic nitrogens is 2. The molecule has 2 unspecified atom stereocenters. The van der Waals surface area contributed by atoms with Gasteiger partial charge < -0.3 is 10.3 Å². The van der Waals surface area contributed by atoms with Crippen molar-refractivity contribution in [3.05, 3.63) is 18.2 Å². The molecule has 1 fully saturated rings. The number of nitrogens with two attached hydrogens (primary N) is 1. The Hall–Kier alpha value is -0.830. The quantitative estimate of drug-likeness (QED) is 0.691. The molecule has 0 radical (unpaired) electrons. The van der Waals surface area contributed by atoms with Crippen molar-refractivity contribution >= 4 is 0 Å². The fraction of sp³-hybridized carbons (Fsp3) is 0.727. The highest BCUT2D eigenvalue weighted by Crippen LogP contribution is 2.29. The summed E-state index contributed by atoms with van der Waals surface area (Å²) in [4.78, 5) is 4.42. The molecule has 3 heteroatoms. The molecule has 1 heterocycles. The highest BCUT2D eigenvalue weighted by Gasteiger charge is 2.21. The minimum absolute atomic E-state index is 0.374. The highest BCUT2D eigenvalue weighted by molar-refractivity contribution is 5.01. The van der Waals surface area contributed by atoms with Crippen LogP contribution in [0.3, 0.4) is 0 Å². The summed E-state index contributed by atoms with van der Waals surface area (Å²) in [7, 11) is 2.07. The fourth-order valence-electron chi connectivity index (χ4n) is 2.40. The van der Waals surface area contributed by atoms with Crippen molar-refractivity contribution in [1.29, 1.82) is 0 Å². The molecule has 2 rings (SSSR count). The van der Waals surface area contributed by atoms with Gasteiger partial charge in [0.2, 0.25) is 0 Å². The van der Waals surface area contributed by atoms with Crippen molar-refractivity contribution in [3.8, 4) is 0 Å². The van der Waals surface area contributed by atoms with Gasteiger partial charge in [-0.1, -0.05) is 12.8 Å². The minimum atomic E-state index is 0.374. The largest absolute Gasteiger partial charge is 0.338 e. The molecule has 2 atom stereocenters. The minimum Gasteiger partial charge on any atom is -0.338 e. The molecular weight excluding hydrogens is 174 g/mol. The van der Waals surface area contributed by atoms with E-state index in [-0.39, 0.29) is 0 Å². The normalized spacial score (nSPS) is 28.7. The van der Waals surface area contributed by atoms with Crippen molar-refractivity contribution < 1.29 is 0 Å². The SMILES string of the molecule is Cn1ccnc1C1CCCCC(N)C1. The Kier molecular flexibility index (Phi) is 2.87. The van der Waals surface area contributed by atoms with Gasteiger partial charge in [0.15, 0.2) is 0 Å². The lowest BCUT2D eigenvalue weighted by Crippen LogP contribution is -2.21. The van der Waals surface area contributed by atoms with E-state index in [1.165, 1.54) is 31.5 Å². The third kappa shape index (κ3) is 1.98. The number of aryl methyl sites for hydroxylation is 1. The Balaban J connectivity index is 2.13. The maximum atomic E-state index is 6.04. The molecule has 78 valence electrons. The van der Waals surface area contributed by atoms with Gasteiger partial charge in [-0.2, -0.15) is 0 Å². The zero-order valence-corrected chi connectivity index (χ0v) is 8.82. The third-order valence-electron chi connectivity index (χ3n) is 3.19. The van der Waals surface area contributed by atoms with Gasteiger partial charge in [-0.05, 0) is 19.3 Å². The summed E-state index contributed by atoms with van der Waals surface area (Å²) < 4.78 is 2.13. The van der Waals surface area contributed by atoms with E-state index in [1.54, 1.807) is 0 Å². The summed E-state index contributed by atoms with van der Waals surface area (Å²) >= 11 is 0. The molecule has 0 aliphatic heterocycles. The summed E-state index contributed by atoms with van der Waals surface area (Å²) in [6.07, 6.45) is 10.0. The number of nitrogens with zero attached hydrogens (tertiary/aromatic N) is 2. The molecule has 0 amide bonds. The van der Waals surface area contributed by atoms with Crippen LogP contribution in [-0.2, 0) is 7.05 Å². The molecule has 0 aromatic carbocycles. The first-order valence-corrected chi connectivity index (χ1v) is 5.50. The number of rotatable bonds is 1. The topological polar surface area (TPSA) is 43.8 Å². The van der Waals surface area contributed by atoms with E-state index in [9.17, 15) is 0 Å². The molecule has 1 aliphatic rings. The molecule has 2 N–H and O–H groups in total. The monoisotopic (exact) mass is 193 g/mol. The lowest BCUT2D eigenvalue weighted by molar-refractivity contribution is 0.504. The van der Waals surface area contributed by atoms with Crippen molar-refractivity contribution in [2.75, 3.05) is 0 Å². The van der Waals surface area contributed by atoms with Crippen LogP contribution in [0.15, 0.2) is 12.4 Å². The van der Waals surface area contributed by atoms with Crippen LogP contribution in [0.1, 0.15) is 43.8 Å². The third-order valence-corrected chi connectivity index (χ3v) is 3.19. The van der Waals surface area contributed by atoms with Gasteiger partial charge in [0.25, 0.3) is 0 Å². The second kappa shape index (κ2) is 4.13. The molecule has 14 heavy (non-hydrogen) atoms. The zero-order chi connectivity index (χ0) is 9.97. The molecule has 0 spiro atoms. The second-order valence-corrected chi connectivity index (χ2v) is 4.37. The first kappa shape index (κ1) is 9.71. The van der Waals surface area contributed by atoms with E-state index < -0.39 is 0 Å². The van der Waals surface area contributed by atoms with Gasteiger partial charge in [0, 0.05) is 31.4 Å². The van der Waals surface area contributed by atoms with Crippen LogP contribution in [-0.4, -0.2) is 15.6 Å². The van der Waals surface area contributed by atoms with Crippen LogP contribution < -0.4 is 5.73 Å². The Labute approximate surface area is 85.3 Å². The van der Waals surface area contributed by atoms with Gasteiger partial charge in [-0.15, -0.1) is 0 Å². The van der Waals surface area contributed by atoms with Crippen LogP contribution in [0.2, 0.25) is 0 Å². The molecule has 0 saturated heterocycles. The molecule has 1 aromatic rings. The molecule has 1 aliphatic carbocycles. The molecule has 0 bridgehead atoms. The Morgan fingerprint density at radius 3 is 2.93 bits per heavy atom. The maximum Gasteiger partial charge on any atom is 0.111 e. The Bertz CT molecular complexity index is 292. The van der Waals surface area contributed by atoms with Gasteiger partial charge in [-0.3, -0.25) is 0 Å². The molecule has 1 saturated carbocycles. The van der Waals surface area contributed by atoms with Gasteiger partial charge in [0.1, 0.15) is 5.82 Å². The lowest BCUT2D eigenvalue weighted by Gasteiger charge is -2.16. The number of hydrogen-bond acceptors (Lipinski definition) is 2. The zero-order valence-electron chi connectivity index (χ0n) is 8.82. The first-order valence-electron chi connectivity index (χ1n) is 5.50. The van der Waals surface area contributed by atoms with Crippen molar-refractivity contribution in [2.45, 2.75) is 44.1 Å². The second-order valence-electron chi connectivity index (χ2n) is 4.37. The van der Waals surface area contributed by atoms with Crippen LogP contribution in [0.5, 0.6) is 0 Å². The van der Waals surface area contributed by atoms with Crippen LogP contribution >= 0.6 is 0 Å². The van der Waals surface area contributed by atoms with Gasteiger partial charge in [0.05, 0.1) is 0 Å². The average Bonchev–Trinajstić information content (AvgIpc) is 2.45. The summed E-state index contributed by atoms with van der Waals surface area (Å²) in [5, 5.41) is 0. The van der Waals surface area contributed by atoms with Gasteiger partial charge >= 0.3 is 0 Å². The molecule has 1 aromatic heterocycles. The summed E-state index contributed by atoms with van der Waals surface area (Å²) in [6, 6.07) is 0.374. The maximum absolute atomic E-state index is 6.04. The Morgan fingerprint density at radius 2 is 2.21 bits per heavy atom. The first-order chi connectivity index (χ1) is 6.77. The van der Waals surface area contributed by atoms with E-state index in [4.69, 9.17) is 5.73 Å². The predicted octanol–water partition coefficient (Wildman–Crippen LogP) is 1.80. The molecular formula is C11H19N3. The number of imidazole rings is 1. The van der Waals surface area contributed by atoms with E-state index in [0.29, 0.717) is 12.0 Å². The van der Waals surface area contributed by atoms with E-state index in [0.717, 1.165) is 6.42 Å². The smallest absolute Gasteiger partial charge is 0.111 e. The van der Waals surface area contributed by atoms with Crippen molar-refractivity contribution in [2.24, 2.45) is 12.8 Å². The standard InChI is InChI=1S/C11H19N3/c1-14-7-6-13-11(14)9-4-2-3-5-10(12)8-9/h6-7,9-10H,2-5,8,12H2,1H3. The van der Waals surface area contributed by atoms with Crippen molar-refractivity contribution in [3.63, 3.8) is 0 Å².